The number of aromatic nitrogens is 2. The number of anilines is 1. The number of amides is 1. The molecule has 98 valence electrons. The Labute approximate surface area is 115 Å². The third-order valence-corrected chi connectivity index (χ3v) is 3.76. The zero-order valence-corrected chi connectivity index (χ0v) is 11.9. The van der Waals surface area contributed by atoms with Gasteiger partial charge in [-0.05, 0) is 34.7 Å². The molecule has 2 rings (SSSR count). The quantitative estimate of drug-likeness (QED) is 0.876. The molecule has 1 heterocycles. The first-order valence-electron chi connectivity index (χ1n) is 6.07. The number of carbonyl (C=O) groups is 1. The molecule has 2 atom stereocenters. The van der Waals surface area contributed by atoms with Gasteiger partial charge in [0.15, 0.2) is 5.82 Å². The van der Waals surface area contributed by atoms with Crippen molar-refractivity contribution >= 4 is 27.7 Å². The van der Waals surface area contributed by atoms with Crippen molar-refractivity contribution in [2.75, 3.05) is 5.32 Å². The number of carbonyl (C=O) groups excluding carboxylic acids is 1. The van der Waals surface area contributed by atoms with Crippen LogP contribution in [0.15, 0.2) is 17.0 Å². The van der Waals surface area contributed by atoms with Gasteiger partial charge < -0.3 is 11.1 Å². The van der Waals surface area contributed by atoms with Crippen LogP contribution in [0.4, 0.5) is 5.82 Å². The second-order valence-electron chi connectivity index (χ2n) is 5.04. The van der Waals surface area contributed by atoms with Crippen molar-refractivity contribution in [3.05, 3.63) is 17.0 Å². The Bertz CT molecular complexity index is 436. The molecule has 1 aliphatic carbocycles. The van der Waals surface area contributed by atoms with E-state index >= 15 is 0 Å². The van der Waals surface area contributed by atoms with Crippen molar-refractivity contribution in [2.24, 2.45) is 11.7 Å². The molecule has 5 nitrogen and oxygen atoms in total. The lowest BCUT2D eigenvalue weighted by Crippen LogP contribution is -2.53. The summed E-state index contributed by atoms with van der Waals surface area (Å²) in [6, 6.07) is 0. The number of nitrogens with one attached hydrogen (secondary N) is 1. The molecule has 0 aliphatic heterocycles. The highest BCUT2D eigenvalue weighted by molar-refractivity contribution is 9.10. The number of nitrogens with zero attached hydrogens (tertiary/aromatic N) is 2. The summed E-state index contributed by atoms with van der Waals surface area (Å²) >= 11 is 3.20. The van der Waals surface area contributed by atoms with Gasteiger partial charge in [-0.1, -0.05) is 19.8 Å². The first kappa shape index (κ1) is 13.4. The number of halogens is 1. The molecule has 1 amide bonds. The number of nitrogens with two attached hydrogens (primary N) is 1. The highest BCUT2D eigenvalue weighted by Gasteiger charge is 2.38. The predicted octanol–water partition coefficient (Wildman–Crippen LogP) is 2.09. The van der Waals surface area contributed by atoms with Crippen LogP contribution in [0.3, 0.4) is 0 Å². The van der Waals surface area contributed by atoms with Gasteiger partial charge in [-0.2, -0.15) is 0 Å². The largest absolute Gasteiger partial charge is 0.317 e. The van der Waals surface area contributed by atoms with Crippen LogP contribution in [0.5, 0.6) is 0 Å². The first-order valence-corrected chi connectivity index (χ1v) is 6.87. The van der Waals surface area contributed by atoms with E-state index in [-0.39, 0.29) is 5.91 Å². The molecule has 0 saturated heterocycles. The summed E-state index contributed by atoms with van der Waals surface area (Å²) in [5.41, 5.74) is 5.43. The molecule has 1 aromatic rings. The average Bonchev–Trinajstić information content (AvgIpc) is 2.32. The Morgan fingerprint density at radius 2 is 2.33 bits per heavy atom. The molecule has 3 N–H and O–H groups in total. The van der Waals surface area contributed by atoms with E-state index in [1.807, 2.05) is 0 Å². The molecule has 1 fully saturated rings. The van der Waals surface area contributed by atoms with Gasteiger partial charge >= 0.3 is 0 Å². The van der Waals surface area contributed by atoms with Crippen LogP contribution in [-0.4, -0.2) is 21.4 Å². The normalized spacial score (nSPS) is 27.8. The van der Waals surface area contributed by atoms with Gasteiger partial charge in [0.2, 0.25) is 5.91 Å². The van der Waals surface area contributed by atoms with E-state index in [1.165, 1.54) is 6.20 Å². The zero-order chi connectivity index (χ0) is 13.2. The summed E-state index contributed by atoms with van der Waals surface area (Å²) in [6.45, 7) is 2.13. The maximum absolute atomic E-state index is 12.2. The van der Waals surface area contributed by atoms with Gasteiger partial charge in [-0.25, -0.2) is 9.97 Å². The molecule has 2 unspecified atom stereocenters. The fraction of sp³-hybridized carbons (Fsp3) is 0.583. The monoisotopic (exact) mass is 312 g/mol. The van der Waals surface area contributed by atoms with Crippen molar-refractivity contribution in [1.82, 2.24) is 9.97 Å². The van der Waals surface area contributed by atoms with Gasteiger partial charge in [-0.3, -0.25) is 4.79 Å². The van der Waals surface area contributed by atoms with E-state index in [4.69, 9.17) is 5.73 Å². The average molecular weight is 313 g/mol. The number of rotatable bonds is 2. The zero-order valence-electron chi connectivity index (χ0n) is 10.3. The SMILES string of the molecule is CC1CCCC(N)(C(=O)Nc2cnc(Br)cn2)C1. The summed E-state index contributed by atoms with van der Waals surface area (Å²) < 4.78 is 0.634. The summed E-state index contributed by atoms with van der Waals surface area (Å²) in [5.74, 6) is 0.766. The molecular weight excluding hydrogens is 296 g/mol. The molecule has 0 spiro atoms. The van der Waals surface area contributed by atoms with Gasteiger partial charge in [0.25, 0.3) is 0 Å². The van der Waals surface area contributed by atoms with Crippen LogP contribution in [0.1, 0.15) is 32.6 Å². The van der Waals surface area contributed by atoms with E-state index in [1.54, 1.807) is 6.20 Å². The highest BCUT2D eigenvalue weighted by atomic mass is 79.9. The van der Waals surface area contributed by atoms with E-state index in [0.29, 0.717) is 16.3 Å². The maximum atomic E-state index is 12.2. The lowest BCUT2D eigenvalue weighted by Gasteiger charge is -2.35. The van der Waals surface area contributed by atoms with Crippen molar-refractivity contribution in [2.45, 2.75) is 38.1 Å². The highest BCUT2D eigenvalue weighted by Crippen LogP contribution is 2.31. The molecule has 1 saturated carbocycles. The Morgan fingerprint density at radius 1 is 1.56 bits per heavy atom. The van der Waals surface area contributed by atoms with Crippen molar-refractivity contribution in [3.8, 4) is 0 Å². The lowest BCUT2D eigenvalue weighted by atomic mass is 9.76. The van der Waals surface area contributed by atoms with Gasteiger partial charge in [0, 0.05) is 0 Å². The van der Waals surface area contributed by atoms with Crippen LogP contribution in [0, 0.1) is 5.92 Å². The topological polar surface area (TPSA) is 80.9 Å². The Hall–Kier alpha value is -1.01. The van der Waals surface area contributed by atoms with Crippen molar-refractivity contribution < 1.29 is 4.79 Å². The summed E-state index contributed by atoms with van der Waals surface area (Å²) in [4.78, 5) is 20.3. The third-order valence-electron chi connectivity index (χ3n) is 3.35. The van der Waals surface area contributed by atoms with Gasteiger partial charge in [-0.15, -0.1) is 0 Å². The molecule has 18 heavy (non-hydrogen) atoms. The van der Waals surface area contributed by atoms with Crippen molar-refractivity contribution in [3.63, 3.8) is 0 Å². The second kappa shape index (κ2) is 5.32. The maximum Gasteiger partial charge on any atom is 0.245 e. The van der Waals surface area contributed by atoms with E-state index in [0.717, 1.165) is 25.7 Å². The van der Waals surface area contributed by atoms with Crippen LogP contribution >= 0.6 is 15.9 Å². The molecule has 0 radical (unpaired) electrons. The minimum absolute atomic E-state index is 0.161. The molecule has 6 heteroatoms. The van der Waals surface area contributed by atoms with E-state index in [2.05, 4.69) is 38.1 Å². The fourth-order valence-corrected chi connectivity index (χ4v) is 2.62. The summed E-state index contributed by atoms with van der Waals surface area (Å²) in [7, 11) is 0. The first-order chi connectivity index (χ1) is 8.49. The summed E-state index contributed by atoms with van der Waals surface area (Å²) in [5, 5.41) is 2.74. The van der Waals surface area contributed by atoms with E-state index < -0.39 is 5.54 Å². The summed E-state index contributed by atoms with van der Waals surface area (Å²) in [6.07, 6.45) is 6.65. The molecule has 0 aromatic carbocycles. The lowest BCUT2D eigenvalue weighted by molar-refractivity contribution is -0.122. The third kappa shape index (κ3) is 3.05. The number of hydrogen-bond acceptors (Lipinski definition) is 4. The van der Waals surface area contributed by atoms with Gasteiger partial charge in [0.1, 0.15) is 4.60 Å². The Balaban J connectivity index is 2.04. The van der Waals surface area contributed by atoms with E-state index in [9.17, 15) is 4.79 Å². The standard InChI is InChI=1S/C12H17BrN4O/c1-8-3-2-4-12(14,5-8)11(18)17-10-7-15-9(13)6-16-10/h6-8H,2-5,14H2,1H3,(H,16,17,18). The minimum atomic E-state index is -0.771. The molecular formula is C12H17BrN4O. The Kier molecular flexibility index (Phi) is 3.97. The van der Waals surface area contributed by atoms with Crippen LogP contribution in [0.2, 0.25) is 0 Å². The smallest absolute Gasteiger partial charge is 0.245 e. The Morgan fingerprint density at radius 3 is 2.94 bits per heavy atom. The minimum Gasteiger partial charge on any atom is -0.317 e. The fourth-order valence-electron chi connectivity index (χ4n) is 2.42. The predicted molar refractivity (Wildman–Crippen MR) is 72.9 cm³/mol. The van der Waals surface area contributed by atoms with Crippen LogP contribution < -0.4 is 11.1 Å². The van der Waals surface area contributed by atoms with Gasteiger partial charge in [0.05, 0.1) is 17.9 Å². The van der Waals surface area contributed by atoms with Crippen molar-refractivity contribution in [1.29, 1.82) is 0 Å². The van der Waals surface area contributed by atoms with Crippen LogP contribution in [0.25, 0.3) is 0 Å². The molecule has 1 aliphatic rings. The number of hydrogen-bond donors (Lipinski definition) is 2. The van der Waals surface area contributed by atoms with Crippen LogP contribution in [-0.2, 0) is 4.79 Å². The molecule has 0 bridgehead atoms. The molecule has 1 aromatic heterocycles. The second-order valence-corrected chi connectivity index (χ2v) is 5.85.